The molecule has 2 heterocycles. The minimum absolute atomic E-state index is 0.368. The summed E-state index contributed by atoms with van der Waals surface area (Å²) in [7, 11) is 0. The summed E-state index contributed by atoms with van der Waals surface area (Å²) < 4.78 is 1.96. The summed E-state index contributed by atoms with van der Waals surface area (Å²) in [5, 5.41) is 19.1. The molecule has 4 nitrogen and oxygen atoms in total. The topological polar surface area (TPSA) is 64.9 Å². The Morgan fingerprint density at radius 1 is 1.30 bits per heavy atom. The zero-order valence-corrected chi connectivity index (χ0v) is 11.6. The maximum Gasteiger partial charge on any atom is 0.157 e. The van der Waals surface area contributed by atoms with Gasteiger partial charge in [-0.3, -0.25) is 4.40 Å². The van der Waals surface area contributed by atoms with E-state index in [1.165, 1.54) is 11.8 Å². The molecule has 5 heteroatoms. The van der Waals surface area contributed by atoms with Gasteiger partial charge in [-0.15, -0.1) is 0 Å². The lowest BCUT2D eigenvalue weighted by molar-refractivity contribution is 1.04. The van der Waals surface area contributed by atoms with E-state index in [-0.39, 0.29) is 0 Å². The van der Waals surface area contributed by atoms with E-state index in [4.69, 9.17) is 5.26 Å². The molecule has 0 atom stereocenters. The van der Waals surface area contributed by atoms with Crippen LogP contribution in [0, 0.1) is 29.6 Å². The smallest absolute Gasteiger partial charge is 0.157 e. The third-order valence-electron chi connectivity index (χ3n) is 3.14. The summed E-state index contributed by atoms with van der Waals surface area (Å²) in [6, 6.07) is 14.1. The lowest BCUT2D eigenvalue weighted by atomic mass is 10.2. The molecule has 0 fully saturated rings. The highest BCUT2D eigenvalue weighted by atomic mass is 32.2. The molecule has 96 valence electrons. The highest BCUT2D eigenvalue weighted by Gasteiger charge is 2.14. The quantitative estimate of drug-likeness (QED) is 0.675. The Hall–Kier alpha value is -2.50. The number of nitrogens with zero attached hydrogens (tertiary/aromatic N) is 4. The number of benzene rings is 1. The molecule has 0 bridgehead atoms. The zero-order chi connectivity index (χ0) is 14.1. The average Bonchev–Trinajstić information content (AvgIpc) is 2.84. The van der Waals surface area contributed by atoms with Gasteiger partial charge < -0.3 is 0 Å². The molecule has 0 unspecified atom stereocenters. The van der Waals surface area contributed by atoms with Crippen LogP contribution in [0.3, 0.4) is 0 Å². The van der Waals surface area contributed by atoms with Crippen LogP contribution in [0.15, 0.2) is 35.4 Å². The van der Waals surface area contributed by atoms with E-state index in [0.717, 1.165) is 21.6 Å². The molecule has 0 saturated carbocycles. The van der Waals surface area contributed by atoms with E-state index in [2.05, 4.69) is 17.1 Å². The van der Waals surface area contributed by atoms with Crippen molar-refractivity contribution in [3.05, 3.63) is 41.5 Å². The average molecular weight is 278 g/mol. The van der Waals surface area contributed by atoms with Gasteiger partial charge in [0.1, 0.15) is 6.07 Å². The molecule has 0 spiro atoms. The zero-order valence-electron chi connectivity index (χ0n) is 10.8. The highest BCUT2D eigenvalue weighted by Crippen LogP contribution is 2.28. The Morgan fingerprint density at radius 3 is 2.85 bits per heavy atom. The van der Waals surface area contributed by atoms with Crippen molar-refractivity contribution in [3.8, 4) is 12.1 Å². The molecule has 0 saturated heterocycles. The molecule has 0 aliphatic carbocycles. The molecule has 0 aliphatic rings. The number of rotatable bonds is 2. The lowest BCUT2D eigenvalue weighted by Gasteiger charge is -2.07. The standard InChI is InChI=1S/C15H10N4S/c1-10-8-14(20-7-6-16)19-13-5-3-2-4-12(13)18-15(19)11(10)9-17/h2-5,8H,7H2,1H3. The van der Waals surface area contributed by atoms with E-state index in [0.29, 0.717) is 17.0 Å². The van der Waals surface area contributed by atoms with Gasteiger partial charge in [0.05, 0.1) is 33.4 Å². The molecule has 3 rings (SSSR count). The van der Waals surface area contributed by atoms with Crippen LogP contribution in [-0.2, 0) is 0 Å². The Morgan fingerprint density at radius 2 is 2.10 bits per heavy atom. The van der Waals surface area contributed by atoms with Crippen LogP contribution in [0.1, 0.15) is 11.1 Å². The fraction of sp³-hybridized carbons (Fsp3) is 0.133. The van der Waals surface area contributed by atoms with Crippen LogP contribution >= 0.6 is 11.8 Å². The van der Waals surface area contributed by atoms with Crippen molar-refractivity contribution < 1.29 is 0 Å². The molecule has 2 aromatic heterocycles. The summed E-state index contributed by atoms with van der Waals surface area (Å²) >= 11 is 1.46. The number of hydrogen-bond donors (Lipinski definition) is 0. The largest absolute Gasteiger partial charge is 0.286 e. The SMILES string of the molecule is Cc1cc(SCC#N)n2c(nc3ccccc32)c1C#N. The van der Waals surface area contributed by atoms with Gasteiger partial charge in [0.25, 0.3) is 0 Å². The number of para-hydroxylation sites is 2. The first-order chi connectivity index (χ1) is 9.76. The third-order valence-corrected chi connectivity index (χ3v) is 4.01. The maximum atomic E-state index is 9.35. The van der Waals surface area contributed by atoms with E-state index in [1.807, 2.05) is 41.7 Å². The monoisotopic (exact) mass is 278 g/mol. The number of pyridine rings is 1. The second kappa shape index (κ2) is 4.88. The van der Waals surface area contributed by atoms with Crippen molar-refractivity contribution >= 4 is 28.4 Å². The van der Waals surface area contributed by atoms with Gasteiger partial charge in [0.2, 0.25) is 0 Å². The van der Waals surface area contributed by atoms with Crippen molar-refractivity contribution in [2.24, 2.45) is 0 Å². The maximum absolute atomic E-state index is 9.35. The summed E-state index contributed by atoms with van der Waals surface area (Å²) in [6.45, 7) is 1.90. The summed E-state index contributed by atoms with van der Waals surface area (Å²) in [5.74, 6) is 0.368. The minimum Gasteiger partial charge on any atom is -0.286 e. The van der Waals surface area contributed by atoms with Crippen LogP contribution in [0.2, 0.25) is 0 Å². The van der Waals surface area contributed by atoms with Crippen LogP contribution in [-0.4, -0.2) is 15.1 Å². The predicted molar refractivity (Wildman–Crippen MR) is 78.5 cm³/mol. The van der Waals surface area contributed by atoms with Crippen molar-refractivity contribution in [2.45, 2.75) is 11.9 Å². The lowest BCUT2D eigenvalue weighted by Crippen LogP contribution is -1.97. The van der Waals surface area contributed by atoms with Gasteiger partial charge in [-0.05, 0) is 30.7 Å². The van der Waals surface area contributed by atoms with Gasteiger partial charge >= 0.3 is 0 Å². The fourth-order valence-corrected chi connectivity index (χ4v) is 3.05. The van der Waals surface area contributed by atoms with Crippen LogP contribution in [0.25, 0.3) is 16.7 Å². The normalized spacial score (nSPS) is 10.6. The van der Waals surface area contributed by atoms with Crippen molar-refractivity contribution in [3.63, 3.8) is 0 Å². The van der Waals surface area contributed by atoms with Crippen LogP contribution < -0.4 is 0 Å². The molecule has 1 aromatic carbocycles. The number of imidazole rings is 1. The molecule has 20 heavy (non-hydrogen) atoms. The fourth-order valence-electron chi connectivity index (χ4n) is 2.27. The Balaban J connectivity index is 2.45. The Bertz CT molecular complexity index is 896. The summed E-state index contributed by atoms with van der Waals surface area (Å²) in [4.78, 5) is 4.56. The molecular formula is C15H10N4S. The highest BCUT2D eigenvalue weighted by molar-refractivity contribution is 7.99. The Labute approximate surface area is 120 Å². The van der Waals surface area contributed by atoms with Crippen LogP contribution in [0.5, 0.6) is 0 Å². The summed E-state index contributed by atoms with van der Waals surface area (Å²) in [6.07, 6.45) is 0. The first kappa shape index (κ1) is 12.5. The first-order valence-electron chi connectivity index (χ1n) is 6.07. The van der Waals surface area contributed by atoms with Gasteiger partial charge in [-0.25, -0.2) is 4.98 Å². The molecule has 0 N–H and O–H groups in total. The van der Waals surface area contributed by atoms with Crippen molar-refractivity contribution in [1.82, 2.24) is 9.38 Å². The van der Waals surface area contributed by atoms with E-state index in [1.54, 1.807) is 0 Å². The molecular weight excluding hydrogens is 268 g/mol. The first-order valence-corrected chi connectivity index (χ1v) is 7.05. The third kappa shape index (κ3) is 1.80. The van der Waals surface area contributed by atoms with Crippen molar-refractivity contribution in [2.75, 3.05) is 5.75 Å². The number of thioether (sulfide) groups is 1. The second-order valence-corrected chi connectivity index (χ2v) is 5.35. The second-order valence-electron chi connectivity index (χ2n) is 4.36. The molecule has 0 amide bonds. The van der Waals surface area contributed by atoms with E-state index >= 15 is 0 Å². The number of aromatic nitrogens is 2. The van der Waals surface area contributed by atoms with Gasteiger partial charge in [-0.2, -0.15) is 10.5 Å². The van der Waals surface area contributed by atoms with Crippen molar-refractivity contribution in [1.29, 1.82) is 10.5 Å². The molecule has 3 aromatic rings. The van der Waals surface area contributed by atoms with Crippen LogP contribution in [0.4, 0.5) is 0 Å². The number of hydrogen-bond acceptors (Lipinski definition) is 4. The predicted octanol–water partition coefficient (Wildman–Crippen LogP) is 3.28. The van der Waals surface area contributed by atoms with Gasteiger partial charge in [0, 0.05) is 0 Å². The summed E-state index contributed by atoms with van der Waals surface area (Å²) in [5.41, 5.74) is 3.94. The van der Waals surface area contributed by atoms with E-state index in [9.17, 15) is 5.26 Å². The minimum atomic E-state index is 0.368. The number of aryl methyl sites for hydroxylation is 1. The van der Waals surface area contributed by atoms with Gasteiger partial charge in [0.15, 0.2) is 5.65 Å². The molecule has 0 radical (unpaired) electrons. The molecule has 0 aliphatic heterocycles. The number of fused-ring (bicyclic) bond motifs is 3. The Kier molecular flexibility index (Phi) is 3.06. The number of nitriles is 2. The van der Waals surface area contributed by atoms with E-state index < -0.39 is 0 Å². The van der Waals surface area contributed by atoms with Gasteiger partial charge in [-0.1, -0.05) is 23.9 Å².